The van der Waals surface area contributed by atoms with Crippen molar-refractivity contribution >= 4 is 40.7 Å². The molecule has 3 aromatic carbocycles. The van der Waals surface area contributed by atoms with Gasteiger partial charge in [-0.05, 0) is 48.7 Å². The first-order chi connectivity index (χ1) is 16.4. The minimum atomic E-state index is -0.811. The Morgan fingerprint density at radius 3 is 2.44 bits per heavy atom. The molecular formula is C27H23Cl2NO4. The topological polar surface area (TPSA) is 66.8 Å². The molecular weight excluding hydrogens is 473 g/mol. The fourth-order valence-corrected chi connectivity index (χ4v) is 4.40. The Morgan fingerprint density at radius 2 is 1.74 bits per heavy atom. The van der Waals surface area contributed by atoms with Crippen LogP contribution in [0.4, 0.5) is 0 Å². The largest absolute Gasteiger partial charge is 0.507 e. The number of nitrogens with zero attached hydrogens (tertiary/aromatic N) is 1. The molecule has 1 fully saturated rings. The van der Waals surface area contributed by atoms with Crippen LogP contribution < -0.4 is 4.74 Å². The maximum Gasteiger partial charge on any atom is 0.295 e. The van der Waals surface area contributed by atoms with Crippen LogP contribution >= 0.6 is 23.2 Å². The summed E-state index contributed by atoms with van der Waals surface area (Å²) in [4.78, 5) is 27.8. The molecule has 4 rings (SSSR count). The summed E-state index contributed by atoms with van der Waals surface area (Å²) in [5, 5.41) is 11.9. The summed E-state index contributed by atoms with van der Waals surface area (Å²) >= 11 is 12.4. The number of halogens is 2. The molecule has 3 aromatic rings. The maximum atomic E-state index is 13.2. The summed E-state index contributed by atoms with van der Waals surface area (Å²) in [5.41, 5.74) is 2.01. The summed E-state index contributed by atoms with van der Waals surface area (Å²) in [6.45, 7) is 2.60. The van der Waals surface area contributed by atoms with Crippen LogP contribution in [-0.4, -0.2) is 34.8 Å². The lowest BCUT2D eigenvalue weighted by molar-refractivity contribution is -0.139. The van der Waals surface area contributed by atoms with Crippen molar-refractivity contribution in [2.24, 2.45) is 0 Å². The van der Waals surface area contributed by atoms with Crippen LogP contribution in [0.3, 0.4) is 0 Å². The van der Waals surface area contributed by atoms with Gasteiger partial charge in [-0.15, -0.1) is 0 Å². The number of benzene rings is 3. The van der Waals surface area contributed by atoms with Crippen LogP contribution in [0.2, 0.25) is 10.0 Å². The molecule has 0 bridgehead atoms. The monoisotopic (exact) mass is 495 g/mol. The number of amides is 1. The van der Waals surface area contributed by atoms with Gasteiger partial charge in [0.05, 0.1) is 28.3 Å². The fraction of sp³-hybridized carbons (Fsp3) is 0.185. The van der Waals surface area contributed by atoms with Gasteiger partial charge in [0.25, 0.3) is 11.7 Å². The Hall–Kier alpha value is -3.28. The van der Waals surface area contributed by atoms with Gasteiger partial charge in [-0.25, -0.2) is 0 Å². The molecule has 0 spiro atoms. The van der Waals surface area contributed by atoms with Gasteiger partial charge in [-0.2, -0.15) is 0 Å². The zero-order chi connectivity index (χ0) is 24.2. The van der Waals surface area contributed by atoms with E-state index in [1.54, 1.807) is 42.5 Å². The van der Waals surface area contributed by atoms with Crippen molar-refractivity contribution in [1.29, 1.82) is 0 Å². The lowest BCUT2D eigenvalue weighted by Crippen LogP contribution is -2.31. The van der Waals surface area contributed by atoms with Crippen LogP contribution in [0.15, 0.2) is 78.4 Å². The number of carbonyl (C=O) groups excluding carboxylic acids is 2. The Kier molecular flexibility index (Phi) is 7.25. The van der Waals surface area contributed by atoms with Crippen molar-refractivity contribution < 1.29 is 19.4 Å². The Balaban J connectivity index is 1.80. The highest BCUT2D eigenvalue weighted by atomic mass is 35.5. The smallest absolute Gasteiger partial charge is 0.295 e. The molecule has 1 aliphatic heterocycles. The van der Waals surface area contributed by atoms with Crippen LogP contribution in [0, 0.1) is 0 Å². The van der Waals surface area contributed by atoms with Gasteiger partial charge in [0.15, 0.2) is 0 Å². The molecule has 5 nitrogen and oxygen atoms in total. The molecule has 174 valence electrons. The number of ketones is 1. The third-order valence-electron chi connectivity index (χ3n) is 5.70. The third-order valence-corrected chi connectivity index (χ3v) is 6.44. The van der Waals surface area contributed by atoms with E-state index in [9.17, 15) is 14.7 Å². The summed E-state index contributed by atoms with van der Waals surface area (Å²) in [5.74, 6) is -1.13. The van der Waals surface area contributed by atoms with Gasteiger partial charge in [0.1, 0.15) is 11.5 Å². The van der Waals surface area contributed by atoms with Crippen LogP contribution in [-0.2, 0) is 16.0 Å². The molecule has 1 heterocycles. The van der Waals surface area contributed by atoms with Crippen molar-refractivity contribution in [3.63, 3.8) is 0 Å². The SMILES string of the molecule is CCOc1cccc(C(O)=C2C(=O)C(=O)N(CCc3ccccc3)C2c2ccc(Cl)c(Cl)c2)c1. The van der Waals surface area contributed by atoms with E-state index in [0.717, 1.165) is 5.56 Å². The fourth-order valence-electron chi connectivity index (χ4n) is 4.09. The van der Waals surface area contributed by atoms with Gasteiger partial charge in [0.2, 0.25) is 0 Å². The molecule has 1 amide bonds. The molecule has 0 saturated carbocycles. The first kappa shape index (κ1) is 23.9. The average molecular weight is 496 g/mol. The number of carbonyl (C=O) groups is 2. The highest BCUT2D eigenvalue weighted by molar-refractivity contribution is 6.46. The molecule has 1 saturated heterocycles. The van der Waals surface area contributed by atoms with Crippen LogP contribution in [0.25, 0.3) is 5.76 Å². The predicted octanol–water partition coefficient (Wildman–Crippen LogP) is 6.06. The van der Waals surface area contributed by atoms with Gasteiger partial charge >= 0.3 is 0 Å². The van der Waals surface area contributed by atoms with E-state index in [-0.39, 0.29) is 17.9 Å². The average Bonchev–Trinajstić information content (AvgIpc) is 3.10. The van der Waals surface area contributed by atoms with Gasteiger partial charge in [0, 0.05) is 12.1 Å². The summed E-state index contributed by atoms with van der Waals surface area (Å²) < 4.78 is 5.53. The summed E-state index contributed by atoms with van der Waals surface area (Å²) in [6.07, 6.45) is 0.547. The normalized spacial score (nSPS) is 17.3. The molecule has 34 heavy (non-hydrogen) atoms. The molecule has 0 aliphatic carbocycles. The van der Waals surface area contributed by atoms with Crippen molar-refractivity contribution in [2.75, 3.05) is 13.2 Å². The molecule has 1 N–H and O–H groups in total. The van der Waals surface area contributed by atoms with Crippen molar-refractivity contribution in [3.05, 3.63) is 105 Å². The number of hydrogen-bond donors (Lipinski definition) is 1. The minimum absolute atomic E-state index is 0.00472. The van der Waals surface area contributed by atoms with Crippen molar-refractivity contribution in [1.82, 2.24) is 4.90 Å². The number of hydrogen-bond acceptors (Lipinski definition) is 4. The quantitative estimate of drug-likeness (QED) is 0.246. The Morgan fingerprint density at radius 1 is 0.971 bits per heavy atom. The third kappa shape index (κ3) is 4.81. The molecule has 1 unspecified atom stereocenters. The first-order valence-corrected chi connectivity index (χ1v) is 11.7. The second-order valence-corrected chi connectivity index (χ2v) is 8.68. The van der Waals surface area contributed by atoms with E-state index in [1.807, 2.05) is 37.3 Å². The number of rotatable bonds is 7. The summed E-state index contributed by atoms with van der Waals surface area (Å²) in [6, 6.07) is 20.6. The van der Waals surface area contributed by atoms with Gasteiger partial charge in [-0.3, -0.25) is 9.59 Å². The van der Waals surface area contributed by atoms with E-state index < -0.39 is 17.7 Å². The predicted molar refractivity (Wildman–Crippen MR) is 133 cm³/mol. The highest BCUT2D eigenvalue weighted by Gasteiger charge is 2.46. The zero-order valence-electron chi connectivity index (χ0n) is 18.5. The molecule has 1 aliphatic rings. The number of aliphatic hydroxyl groups is 1. The van der Waals surface area contributed by atoms with E-state index >= 15 is 0 Å². The second-order valence-electron chi connectivity index (χ2n) is 7.86. The van der Waals surface area contributed by atoms with Crippen LogP contribution in [0.1, 0.15) is 29.7 Å². The lowest BCUT2D eigenvalue weighted by Gasteiger charge is -2.25. The lowest BCUT2D eigenvalue weighted by atomic mass is 9.95. The molecule has 0 radical (unpaired) electrons. The molecule has 1 atom stereocenters. The van der Waals surface area contributed by atoms with Gasteiger partial charge < -0.3 is 14.7 Å². The number of likely N-dealkylation sites (tertiary alicyclic amines) is 1. The van der Waals surface area contributed by atoms with E-state index in [4.69, 9.17) is 27.9 Å². The standard InChI is InChI=1S/C27H23Cl2NO4/c1-2-34-20-10-6-9-19(15-20)25(31)23-24(18-11-12-21(28)22(29)16-18)30(27(33)26(23)32)14-13-17-7-4-3-5-8-17/h3-12,15-16,24,31H,2,13-14H2,1H3. The first-order valence-electron chi connectivity index (χ1n) is 10.9. The van der Waals surface area contributed by atoms with Crippen LogP contribution in [0.5, 0.6) is 5.75 Å². The maximum absolute atomic E-state index is 13.2. The summed E-state index contributed by atoms with van der Waals surface area (Å²) in [7, 11) is 0. The molecule has 0 aromatic heterocycles. The van der Waals surface area contributed by atoms with E-state index in [1.165, 1.54) is 4.90 Å². The number of Topliss-reactive ketones (excluding diaryl/α,β-unsaturated/α-hetero) is 1. The zero-order valence-corrected chi connectivity index (χ0v) is 20.0. The van der Waals surface area contributed by atoms with E-state index in [2.05, 4.69) is 0 Å². The second kappa shape index (κ2) is 10.3. The number of aliphatic hydroxyl groups excluding tert-OH is 1. The highest BCUT2D eigenvalue weighted by Crippen LogP contribution is 2.41. The van der Waals surface area contributed by atoms with Gasteiger partial charge in [-0.1, -0.05) is 71.7 Å². The Labute approximate surface area is 208 Å². The van der Waals surface area contributed by atoms with Crippen molar-refractivity contribution in [3.8, 4) is 5.75 Å². The minimum Gasteiger partial charge on any atom is -0.507 e. The van der Waals surface area contributed by atoms with Crippen molar-refractivity contribution in [2.45, 2.75) is 19.4 Å². The van der Waals surface area contributed by atoms with E-state index in [0.29, 0.717) is 39.9 Å². The molecule has 7 heteroatoms. The Bertz CT molecular complexity index is 1260. The number of ether oxygens (including phenoxy) is 1.